The molecule has 0 bridgehead atoms. The van der Waals surface area contributed by atoms with E-state index in [9.17, 15) is 9.90 Å². The van der Waals surface area contributed by atoms with Crippen molar-refractivity contribution < 1.29 is 9.90 Å². The fourth-order valence-corrected chi connectivity index (χ4v) is 1.94. The van der Waals surface area contributed by atoms with Crippen LogP contribution in [0.3, 0.4) is 0 Å². The number of piperidine rings is 1. The molecule has 1 atom stereocenters. The van der Waals surface area contributed by atoms with Crippen molar-refractivity contribution in [2.24, 2.45) is 0 Å². The van der Waals surface area contributed by atoms with Gasteiger partial charge in [-0.05, 0) is 24.5 Å². The molecule has 1 amide bonds. The Labute approximate surface area is 88.9 Å². The Balaban J connectivity index is 1.90. The van der Waals surface area contributed by atoms with Gasteiger partial charge >= 0.3 is 0 Å². The number of β-amino-alcohol motifs (C(OH)–C–C–N with tert-alkyl or cyclic N) is 1. The van der Waals surface area contributed by atoms with Crippen molar-refractivity contribution in [1.82, 2.24) is 9.88 Å². The molecule has 1 aliphatic heterocycles. The van der Waals surface area contributed by atoms with E-state index in [0.29, 0.717) is 13.0 Å². The van der Waals surface area contributed by atoms with Crippen molar-refractivity contribution in [2.75, 3.05) is 13.1 Å². The van der Waals surface area contributed by atoms with Crippen LogP contribution in [0.2, 0.25) is 0 Å². The SMILES string of the molecule is O=C(Cc1cc[nH]c1)N1CCCC(O)C1. The average Bonchev–Trinajstić information content (AvgIpc) is 2.70. The predicted molar refractivity (Wildman–Crippen MR) is 56.3 cm³/mol. The lowest BCUT2D eigenvalue weighted by Gasteiger charge is -2.30. The number of nitrogens with zero attached hydrogens (tertiary/aromatic N) is 1. The number of nitrogens with one attached hydrogen (secondary N) is 1. The molecule has 1 unspecified atom stereocenters. The molecule has 1 saturated heterocycles. The molecular formula is C11H16N2O2. The van der Waals surface area contributed by atoms with Gasteiger partial charge in [0.2, 0.25) is 5.91 Å². The Kier molecular flexibility index (Phi) is 3.06. The van der Waals surface area contributed by atoms with E-state index in [1.165, 1.54) is 0 Å². The highest BCUT2D eigenvalue weighted by molar-refractivity contribution is 5.78. The van der Waals surface area contributed by atoms with E-state index in [-0.39, 0.29) is 12.0 Å². The van der Waals surface area contributed by atoms with Crippen molar-refractivity contribution in [2.45, 2.75) is 25.4 Å². The lowest BCUT2D eigenvalue weighted by atomic mass is 10.1. The first-order valence-electron chi connectivity index (χ1n) is 5.33. The number of carbonyl (C=O) groups excluding carboxylic acids is 1. The minimum absolute atomic E-state index is 0.105. The highest BCUT2D eigenvalue weighted by Crippen LogP contribution is 2.11. The minimum atomic E-state index is -0.339. The number of rotatable bonds is 2. The quantitative estimate of drug-likeness (QED) is 0.745. The molecule has 0 aromatic carbocycles. The van der Waals surface area contributed by atoms with E-state index in [2.05, 4.69) is 4.98 Å². The van der Waals surface area contributed by atoms with Gasteiger partial charge < -0.3 is 15.0 Å². The summed E-state index contributed by atoms with van der Waals surface area (Å²) in [5, 5.41) is 9.45. The predicted octanol–water partition coefficient (Wildman–Crippen LogP) is 0.540. The Morgan fingerprint density at radius 2 is 2.53 bits per heavy atom. The van der Waals surface area contributed by atoms with Gasteiger partial charge in [-0.15, -0.1) is 0 Å². The van der Waals surface area contributed by atoms with Crippen LogP contribution in [0.25, 0.3) is 0 Å². The molecule has 1 aliphatic rings. The Bertz CT molecular complexity index is 321. The number of likely N-dealkylation sites (tertiary alicyclic amines) is 1. The largest absolute Gasteiger partial charge is 0.391 e. The second-order valence-electron chi connectivity index (χ2n) is 4.03. The van der Waals surface area contributed by atoms with Crippen LogP contribution in [0.5, 0.6) is 0 Å². The maximum absolute atomic E-state index is 11.8. The summed E-state index contributed by atoms with van der Waals surface area (Å²) in [4.78, 5) is 16.5. The van der Waals surface area contributed by atoms with E-state index >= 15 is 0 Å². The number of aliphatic hydroxyl groups excluding tert-OH is 1. The zero-order valence-corrected chi connectivity index (χ0v) is 8.65. The molecule has 0 spiro atoms. The lowest BCUT2D eigenvalue weighted by Crippen LogP contribution is -2.42. The standard InChI is InChI=1S/C11H16N2O2/c14-10-2-1-5-13(8-10)11(15)6-9-3-4-12-7-9/h3-4,7,10,12,14H,1-2,5-6,8H2. The summed E-state index contributed by atoms with van der Waals surface area (Å²) in [6.07, 6.45) is 5.45. The van der Waals surface area contributed by atoms with Crippen LogP contribution < -0.4 is 0 Å². The number of H-pyrrole nitrogens is 1. The van der Waals surface area contributed by atoms with E-state index in [0.717, 1.165) is 24.9 Å². The van der Waals surface area contributed by atoms with E-state index in [1.54, 1.807) is 4.90 Å². The van der Waals surface area contributed by atoms with E-state index < -0.39 is 0 Å². The van der Waals surface area contributed by atoms with Gasteiger partial charge in [0.05, 0.1) is 12.5 Å². The van der Waals surface area contributed by atoms with Gasteiger partial charge in [0.1, 0.15) is 0 Å². The number of amides is 1. The highest BCUT2D eigenvalue weighted by Gasteiger charge is 2.21. The zero-order chi connectivity index (χ0) is 10.7. The van der Waals surface area contributed by atoms with Gasteiger partial charge in [0.15, 0.2) is 0 Å². The van der Waals surface area contributed by atoms with Crippen molar-refractivity contribution in [3.63, 3.8) is 0 Å². The molecule has 1 aromatic rings. The van der Waals surface area contributed by atoms with Crippen LogP contribution in [-0.2, 0) is 11.2 Å². The summed E-state index contributed by atoms with van der Waals surface area (Å²) >= 11 is 0. The first-order chi connectivity index (χ1) is 7.25. The molecule has 2 rings (SSSR count). The molecule has 82 valence electrons. The summed E-state index contributed by atoms with van der Waals surface area (Å²) in [7, 11) is 0. The van der Waals surface area contributed by atoms with E-state index in [4.69, 9.17) is 0 Å². The maximum atomic E-state index is 11.8. The van der Waals surface area contributed by atoms with Crippen molar-refractivity contribution in [1.29, 1.82) is 0 Å². The second kappa shape index (κ2) is 4.49. The Morgan fingerprint density at radius 3 is 3.20 bits per heavy atom. The smallest absolute Gasteiger partial charge is 0.227 e. The van der Waals surface area contributed by atoms with E-state index in [1.807, 2.05) is 18.5 Å². The van der Waals surface area contributed by atoms with Gasteiger partial charge in [-0.1, -0.05) is 0 Å². The number of aromatic nitrogens is 1. The zero-order valence-electron chi connectivity index (χ0n) is 8.65. The minimum Gasteiger partial charge on any atom is -0.391 e. The molecule has 0 saturated carbocycles. The average molecular weight is 208 g/mol. The summed E-state index contributed by atoms with van der Waals surface area (Å²) in [6, 6.07) is 1.90. The van der Waals surface area contributed by atoms with Gasteiger partial charge in [-0.25, -0.2) is 0 Å². The highest BCUT2D eigenvalue weighted by atomic mass is 16.3. The topological polar surface area (TPSA) is 56.3 Å². The molecule has 4 nitrogen and oxygen atoms in total. The van der Waals surface area contributed by atoms with Crippen LogP contribution in [0.1, 0.15) is 18.4 Å². The van der Waals surface area contributed by atoms with Crippen molar-refractivity contribution in [3.8, 4) is 0 Å². The summed E-state index contributed by atoms with van der Waals surface area (Å²) in [5.41, 5.74) is 1.00. The molecule has 2 heterocycles. The maximum Gasteiger partial charge on any atom is 0.227 e. The fraction of sp³-hybridized carbons (Fsp3) is 0.545. The summed E-state index contributed by atoms with van der Waals surface area (Å²) < 4.78 is 0. The number of hydrogen-bond donors (Lipinski definition) is 2. The van der Waals surface area contributed by atoms with Gasteiger partial charge in [0, 0.05) is 25.5 Å². The van der Waals surface area contributed by atoms with Crippen molar-refractivity contribution >= 4 is 5.91 Å². The lowest BCUT2D eigenvalue weighted by molar-refractivity contribution is -0.133. The summed E-state index contributed by atoms with van der Waals surface area (Å²) in [5.74, 6) is 0.105. The van der Waals surface area contributed by atoms with Crippen LogP contribution in [0.15, 0.2) is 18.5 Å². The first kappa shape index (κ1) is 10.2. The number of aromatic amines is 1. The Morgan fingerprint density at radius 1 is 1.67 bits per heavy atom. The normalized spacial score (nSPS) is 21.7. The third kappa shape index (κ3) is 2.59. The Hall–Kier alpha value is -1.29. The number of hydrogen-bond acceptors (Lipinski definition) is 2. The second-order valence-corrected chi connectivity index (χ2v) is 4.03. The summed E-state index contributed by atoms with van der Waals surface area (Å²) in [6.45, 7) is 1.27. The molecule has 4 heteroatoms. The molecule has 0 aliphatic carbocycles. The van der Waals surface area contributed by atoms with Crippen LogP contribution >= 0.6 is 0 Å². The first-order valence-corrected chi connectivity index (χ1v) is 5.33. The van der Waals surface area contributed by atoms with Gasteiger partial charge in [-0.3, -0.25) is 4.79 Å². The molecule has 1 aromatic heterocycles. The molecular weight excluding hydrogens is 192 g/mol. The fourth-order valence-electron chi connectivity index (χ4n) is 1.94. The third-order valence-electron chi connectivity index (χ3n) is 2.77. The van der Waals surface area contributed by atoms with Crippen LogP contribution in [0, 0.1) is 0 Å². The number of carbonyl (C=O) groups is 1. The monoisotopic (exact) mass is 208 g/mol. The molecule has 1 fully saturated rings. The third-order valence-corrected chi connectivity index (χ3v) is 2.77. The van der Waals surface area contributed by atoms with Gasteiger partial charge in [0.25, 0.3) is 0 Å². The van der Waals surface area contributed by atoms with Crippen molar-refractivity contribution in [3.05, 3.63) is 24.0 Å². The molecule has 0 radical (unpaired) electrons. The molecule has 15 heavy (non-hydrogen) atoms. The van der Waals surface area contributed by atoms with Gasteiger partial charge in [-0.2, -0.15) is 0 Å². The van der Waals surface area contributed by atoms with Crippen LogP contribution in [-0.4, -0.2) is 40.1 Å². The van der Waals surface area contributed by atoms with Crippen LogP contribution in [0.4, 0.5) is 0 Å². The number of aliphatic hydroxyl groups is 1. The molecule has 2 N–H and O–H groups in total.